The van der Waals surface area contributed by atoms with Gasteiger partial charge in [-0.1, -0.05) is 91.8 Å². The highest BCUT2D eigenvalue weighted by molar-refractivity contribution is 6.09. The van der Waals surface area contributed by atoms with Crippen molar-refractivity contribution >= 4 is 21.8 Å². The number of hydrogen-bond donors (Lipinski definition) is 0. The molecule has 0 N–H and O–H groups in total. The molecule has 3 heterocycles. The van der Waals surface area contributed by atoms with Crippen molar-refractivity contribution in [3.05, 3.63) is 132 Å². The minimum atomic E-state index is 0.499. The summed E-state index contributed by atoms with van der Waals surface area (Å²) < 4.78 is 11.1. The quantitative estimate of drug-likeness (QED) is 0.120. The number of ether oxygens (including phenoxy) is 1. The molecule has 7 rings (SSSR count). The Kier molecular flexibility index (Phi) is 10.5. The van der Waals surface area contributed by atoms with Gasteiger partial charge in [0.05, 0.1) is 22.9 Å². The summed E-state index contributed by atoms with van der Waals surface area (Å²) in [6, 6.07) is 32.7. The summed E-state index contributed by atoms with van der Waals surface area (Å²) >= 11 is 0. The van der Waals surface area contributed by atoms with Gasteiger partial charge in [0, 0.05) is 40.9 Å². The molecule has 0 aliphatic heterocycles. The number of fused-ring (bicyclic) bond motifs is 3. The Labute approximate surface area is 315 Å². The van der Waals surface area contributed by atoms with Crippen molar-refractivity contribution in [3.8, 4) is 34.1 Å². The van der Waals surface area contributed by atoms with Gasteiger partial charge in [-0.05, 0) is 120 Å². The van der Waals surface area contributed by atoms with Gasteiger partial charge < -0.3 is 4.74 Å². The molecular formula is C48H54N4O. The van der Waals surface area contributed by atoms with E-state index in [1.807, 2.05) is 17.1 Å². The lowest BCUT2D eigenvalue weighted by Crippen LogP contribution is -2.03. The van der Waals surface area contributed by atoms with Gasteiger partial charge in [0.15, 0.2) is 0 Å². The standard InChI is InChI=1S/C48H54N4O/c1-31(2)20-35-18-19-49-47(26-35)52-45-15-10-9-14-43(45)44-17-16-41(28-46(44)52)53-42-25-36(21-32(3)4)24-40(27-42)51-30-39(29-50-51)48-37(22-33(5)6)12-11-13-38(48)23-34(7)8/h9-19,24-34H,20-23H2,1-8H3. The van der Waals surface area contributed by atoms with Crippen molar-refractivity contribution in [1.29, 1.82) is 0 Å². The first kappa shape index (κ1) is 36.2. The Morgan fingerprint density at radius 1 is 0.585 bits per heavy atom. The van der Waals surface area contributed by atoms with Gasteiger partial charge in [-0.15, -0.1) is 0 Å². The van der Waals surface area contributed by atoms with Crippen LogP contribution in [0.15, 0.2) is 110 Å². The van der Waals surface area contributed by atoms with Crippen LogP contribution in [-0.2, 0) is 25.7 Å². The van der Waals surface area contributed by atoms with Gasteiger partial charge in [-0.2, -0.15) is 5.10 Å². The highest BCUT2D eigenvalue weighted by Gasteiger charge is 2.18. The van der Waals surface area contributed by atoms with E-state index < -0.39 is 0 Å². The maximum Gasteiger partial charge on any atom is 0.137 e. The number of aromatic nitrogens is 4. The fourth-order valence-electron chi connectivity index (χ4n) is 7.84. The molecular weight excluding hydrogens is 649 g/mol. The number of pyridine rings is 1. The lowest BCUT2D eigenvalue weighted by Gasteiger charge is -2.17. The molecule has 4 aromatic carbocycles. The number of hydrogen-bond acceptors (Lipinski definition) is 3. The monoisotopic (exact) mass is 702 g/mol. The SMILES string of the molecule is CC(C)Cc1cc(Oc2ccc3c4ccccc4n(-c4cc(CC(C)C)ccn4)c3c2)cc(-n2cc(-c3c(CC(C)C)cccc3CC(C)C)cn2)c1. The Morgan fingerprint density at radius 3 is 1.98 bits per heavy atom. The average molecular weight is 703 g/mol. The normalized spacial score (nSPS) is 12.0. The van der Waals surface area contributed by atoms with Gasteiger partial charge in [0.2, 0.25) is 0 Å². The first-order valence-corrected chi connectivity index (χ1v) is 19.5. The van der Waals surface area contributed by atoms with Crippen LogP contribution < -0.4 is 4.74 Å². The molecule has 0 radical (unpaired) electrons. The van der Waals surface area contributed by atoms with Crippen molar-refractivity contribution < 1.29 is 4.74 Å². The van der Waals surface area contributed by atoms with Gasteiger partial charge in [0.1, 0.15) is 17.3 Å². The number of nitrogens with zero attached hydrogens (tertiary/aromatic N) is 4. The maximum atomic E-state index is 6.78. The van der Waals surface area contributed by atoms with Crippen LogP contribution in [-0.4, -0.2) is 19.3 Å². The van der Waals surface area contributed by atoms with Crippen LogP contribution in [0, 0.1) is 23.7 Å². The molecule has 0 atom stereocenters. The number of para-hydroxylation sites is 1. The molecule has 0 aliphatic rings. The third kappa shape index (κ3) is 8.10. The van der Waals surface area contributed by atoms with Crippen molar-refractivity contribution in [2.75, 3.05) is 0 Å². The largest absolute Gasteiger partial charge is 0.457 e. The molecule has 272 valence electrons. The molecule has 0 amide bonds. The summed E-state index contributed by atoms with van der Waals surface area (Å²) in [5.41, 5.74) is 11.0. The predicted octanol–water partition coefficient (Wildman–Crippen LogP) is 12.6. The number of rotatable bonds is 13. The van der Waals surface area contributed by atoms with E-state index in [0.29, 0.717) is 23.7 Å². The zero-order valence-corrected chi connectivity index (χ0v) is 32.7. The van der Waals surface area contributed by atoms with E-state index in [4.69, 9.17) is 14.8 Å². The van der Waals surface area contributed by atoms with E-state index in [9.17, 15) is 0 Å². The minimum absolute atomic E-state index is 0.499. The minimum Gasteiger partial charge on any atom is -0.457 e. The summed E-state index contributed by atoms with van der Waals surface area (Å²) in [5.74, 6) is 4.71. The van der Waals surface area contributed by atoms with Crippen LogP contribution in [0.4, 0.5) is 0 Å². The molecule has 5 heteroatoms. The third-order valence-electron chi connectivity index (χ3n) is 9.79. The Bertz CT molecular complexity index is 2330. The Morgan fingerprint density at radius 2 is 1.26 bits per heavy atom. The highest BCUT2D eigenvalue weighted by Crippen LogP contribution is 2.37. The second-order valence-corrected chi connectivity index (χ2v) is 16.5. The van der Waals surface area contributed by atoms with Crippen LogP contribution in [0.3, 0.4) is 0 Å². The first-order chi connectivity index (χ1) is 25.5. The zero-order valence-electron chi connectivity index (χ0n) is 32.7. The fourth-order valence-corrected chi connectivity index (χ4v) is 7.84. The maximum absolute atomic E-state index is 6.78. The lowest BCUT2D eigenvalue weighted by molar-refractivity contribution is 0.481. The van der Waals surface area contributed by atoms with Gasteiger partial charge in [0.25, 0.3) is 0 Å². The molecule has 53 heavy (non-hydrogen) atoms. The van der Waals surface area contributed by atoms with Crippen LogP contribution in [0.5, 0.6) is 11.5 Å². The molecule has 5 nitrogen and oxygen atoms in total. The molecule has 0 spiro atoms. The van der Waals surface area contributed by atoms with Crippen molar-refractivity contribution in [1.82, 2.24) is 19.3 Å². The molecule has 3 aromatic heterocycles. The molecule has 0 saturated heterocycles. The van der Waals surface area contributed by atoms with Gasteiger partial charge in [-0.25, -0.2) is 9.67 Å². The molecule has 7 aromatic rings. The molecule has 0 aliphatic carbocycles. The summed E-state index contributed by atoms with van der Waals surface area (Å²) in [6.07, 6.45) is 10.2. The number of benzene rings is 4. The first-order valence-electron chi connectivity index (χ1n) is 19.5. The molecule has 0 unspecified atom stereocenters. The summed E-state index contributed by atoms with van der Waals surface area (Å²) in [7, 11) is 0. The highest BCUT2D eigenvalue weighted by atomic mass is 16.5. The van der Waals surface area contributed by atoms with Crippen molar-refractivity contribution in [2.24, 2.45) is 23.7 Å². The Balaban J connectivity index is 1.29. The Hall–Kier alpha value is -5.16. The van der Waals surface area contributed by atoms with Crippen LogP contribution in [0.1, 0.15) is 77.6 Å². The van der Waals surface area contributed by atoms with E-state index >= 15 is 0 Å². The van der Waals surface area contributed by atoms with Crippen molar-refractivity contribution in [3.63, 3.8) is 0 Å². The van der Waals surface area contributed by atoms with E-state index in [-0.39, 0.29) is 0 Å². The van der Waals surface area contributed by atoms with Crippen LogP contribution in [0.25, 0.3) is 44.4 Å². The molecule has 0 fully saturated rings. The summed E-state index contributed by atoms with van der Waals surface area (Å²) in [4.78, 5) is 4.86. The third-order valence-corrected chi connectivity index (χ3v) is 9.79. The second-order valence-electron chi connectivity index (χ2n) is 16.5. The molecule has 0 saturated carbocycles. The second kappa shape index (κ2) is 15.4. The van der Waals surface area contributed by atoms with E-state index in [1.165, 1.54) is 38.6 Å². The predicted molar refractivity (Wildman–Crippen MR) is 222 cm³/mol. The topological polar surface area (TPSA) is 44.9 Å². The van der Waals surface area contributed by atoms with Crippen LogP contribution in [0.2, 0.25) is 0 Å². The lowest BCUT2D eigenvalue weighted by atomic mass is 9.88. The molecule has 0 bridgehead atoms. The summed E-state index contributed by atoms with van der Waals surface area (Å²) in [5, 5.41) is 7.34. The zero-order chi connectivity index (χ0) is 37.2. The fraction of sp³-hybridized carbons (Fsp3) is 0.333. The summed E-state index contributed by atoms with van der Waals surface area (Å²) in [6.45, 7) is 18.2. The van der Waals surface area contributed by atoms with E-state index in [2.05, 4.69) is 157 Å². The average Bonchev–Trinajstić information content (AvgIpc) is 3.70. The van der Waals surface area contributed by atoms with Gasteiger partial charge >= 0.3 is 0 Å². The van der Waals surface area contributed by atoms with Crippen LogP contribution >= 0.6 is 0 Å². The smallest absolute Gasteiger partial charge is 0.137 e. The van der Waals surface area contributed by atoms with E-state index in [1.54, 1.807) is 0 Å². The van der Waals surface area contributed by atoms with E-state index in [0.717, 1.165) is 65.3 Å². The van der Waals surface area contributed by atoms with Crippen molar-refractivity contribution in [2.45, 2.75) is 81.1 Å². The van der Waals surface area contributed by atoms with Gasteiger partial charge in [-0.3, -0.25) is 4.57 Å².